The minimum atomic E-state index is -0.497. The highest BCUT2D eigenvalue weighted by Gasteiger charge is 2.18. The molecule has 0 saturated carbocycles. The minimum Gasteiger partial charge on any atom is -0.497 e. The number of ether oxygens (including phenoxy) is 1. The molecule has 0 aromatic heterocycles. The number of benzene rings is 2. The zero-order chi connectivity index (χ0) is 22.1. The van der Waals surface area contributed by atoms with Crippen LogP contribution in [0, 0.1) is 0 Å². The van der Waals surface area contributed by atoms with Gasteiger partial charge in [0.15, 0.2) is 0 Å². The van der Waals surface area contributed by atoms with Gasteiger partial charge in [0, 0.05) is 19.2 Å². The number of anilines is 1. The van der Waals surface area contributed by atoms with E-state index < -0.39 is 6.04 Å². The smallest absolute Gasteiger partial charge is 0.252 e. The van der Waals surface area contributed by atoms with Gasteiger partial charge in [-0.1, -0.05) is 30.7 Å². The number of nitrogens with one attached hydrogen (secondary N) is 3. The Morgan fingerprint density at radius 1 is 1.10 bits per heavy atom. The fourth-order valence-corrected chi connectivity index (χ4v) is 3.11. The van der Waals surface area contributed by atoms with Gasteiger partial charge < -0.3 is 20.7 Å². The number of hydrogen-bond donors (Lipinski definition) is 3. The summed E-state index contributed by atoms with van der Waals surface area (Å²) in [6.45, 7) is 3.92. The van der Waals surface area contributed by atoms with Gasteiger partial charge in [-0.3, -0.25) is 14.4 Å². The maximum absolute atomic E-state index is 12.6. The molecule has 0 bridgehead atoms. The van der Waals surface area contributed by atoms with E-state index in [1.807, 2.05) is 6.92 Å². The van der Waals surface area contributed by atoms with Crippen LogP contribution in [0.4, 0.5) is 5.69 Å². The van der Waals surface area contributed by atoms with Crippen LogP contribution in [0.2, 0.25) is 5.02 Å². The molecule has 2 aromatic rings. The first-order valence-corrected chi connectivity index (χ1v) is 10.0. The summed E-state index contributed by atoms with van der Waals surface area (Å²) in [4.78, 5) is 36.2. The number of amides is 3. The van der Waals surface area contributed by atoms with Gasteiger partial charge in [0.2, 0.25) is 11.8 Å². The second-order valence-corrected chi connectivity index (χ2v) is 7.14. The third-order valence-electron chi connectivity index (χ3n) is 4.32. The normalized spacial score (nSPS) is 11.3. The fourth-order valence-electron chi connectivity index (χ4n) is 2.84. The van der Waals surface area contributed by atoms with Crippen molar-refractivity contribution in [3.63, 3.8) is 0 Å². The van der Waals surface area contributed by atoms with E-state index in [1.165, 1.54) is 13.0 Å². The van der Waals surface area contributed by atoms with E-state index in [-0.39, 0.29) is 29.2 Å². The van der Waals surface area contributed by atoms with Gasteiger partial charge in [0.05, 0.1) is 30.2 Å². The number of methoxy groups -OCH3 is 1. The standard InChI is InChI=1S/C22H26ClN3O4/c1-4-11-24-22(29)18-10-7-16(12-19(18)23)26-21(28)13-20(25-14(2)27)15-5-8-17(30-3)9-6-15/h5-10,12,20H,4,11,13H2,1-3H3,(H,24,29)(H,25,27)(H,26,28). The molecule has 0 spiro atoms. The number of rotatable bonds is 9. The number of carbonyl (C=O) groups is 3. The first kappa shape index (κ1) is 23.2. The highest BCUT2D eigenvalue weighted by atomic mass is 35.5. The fraction of sp³-hybridized carbons (Fsp3) is 0.318. The summed E-state index contributed by atoms with van der Waals surface area (Å²) < 4.78 is 5.14. The second-order valence-electron chi connectivity index (χ2n) is 6.73. The quantitative estimate of drug-likeness (QED) is 0.564. The summed E-state index contributed by atoms with van der Waals surface area (Å²) in [5.41, 5.74) is 1.59. The Morgan fingerprint density at radius 2 is 1.80 bits per heavy atom. The summed E-state index contributed by atoms with van der Waals surface area (Å²) in [6.07, 6.45) is 0.851. The number of halogens is 1. The molecule has 3 amide bonds. The Labute approximate surface area is 181 Å². The van der Waals surface area contributed by atoms with Gasteiger partial charge in [0.25, 0.3) is 5.91 Å². The maximum Gasteiger partial charge on any atom is 0.252 e. The molecular weight excluding hydrogens is 406 g/mol. The van der Waals surface area contributed by atoms with Crippen LogP contribution >= 0.6 is 11.6 Å². The van der Waals surface area contributed by atoms with Crippen LogP contribution < -0.4 is 20.7 Å². The van der Waals surface area contributed by atoms with Crippen LogP contribution in [0.5, 0.6) is 5.75 Å². The lowest BCUT2D eigenvalue weighted by Gasteiger charge is -2.18. The van der Waals surface area contributed by atoms with Crippen LogP contribution in [0.15, 0.2) is 42.5 Å². The molecule has 1 atom stereocenters. The lowest BCUT2D eigenvalue weighted by atomic mass is 10.0. The summed E-state index contributed by atoms with van der Waals surface area (Å²) in [7, 11) is 1.57. The van der Waals surface area contributed by atoms with Gasteiger partial charge >= 0.3 is 0 Å². The molecule has 7 nitrogen and oxygen atoms in total. The Morgan fingerprint density at radius 3 is 2.37 bits per heavy atom. The van der Waals surface area contributed by atoms with Gasteiger partial charge in [-0.25, -0.2) is 0 Å². The van der Waals surface area contributed by atoms with Gasteiger partial charge in [-0.2, -0.15) is 0 Å². The molecule has 30 heavy (non-hydrogen) atoms. The second kappa shape index (κ2) is 11.2. The molecule has 3 N–H and O–H groups in total. The molecule has 0 aliphatic carbocycles. The van der Waals surface area contributed by atoms with Crippen molar-refractivity contribution in [2.45, 2.75) is 32.7 Å². The predicted molar refractivity (Wildman–Crippen MR) is 117 cm³/mol. The van der Waals surface area contributed by atoms with Crippen LogP contribution in [0.3, 0.4) is 0 Å². The molecule has 0 aliphatic heterocycles. The van der Waals surface area contributed by atoms with Crippen molar-refractivity contribution >= 4 is 35.0 Å². The Kier molecular flexibility index (Phi) is 8.68. The molecule has 8 heteroatoms. The van der Waals surface area contributed by atoms with Crippen LogP contribution in [0.25, 0.3) is 0 Å². The van der Waals surface area contributed by atoms with E-state index in [0.29, 0.717) is 23.5 Å². The average molecular weight is 432 g/mol. The minimum absolute atomic E-state index is 0.0300. The van der Waals surface area contributed by atoms with E-state index >= 15 is 0 Å². The van der Waals surface area contributed by atoms with E-state index in [0.717, 1.165) is 12.0 Å². The van der Waals surface area contributed by atoms with Crippen molar-refractivity contribution in [3.05, 3.63) is 58.6 Å². The third kappa shape index (κ3) is 6.77. The Bertz CT molecular complexity index is 900. The first-order valence-electron chi connectivity index (χ1n) is 9.62. The topological polar surface area (TPSA) is 96.5 Å². The highest BCUT2D eigenvalue weighted by molar-refractivity contribution is 6.34. The van der Waals surface area contributed by atoms with E-state index in [4.69, 9.17) is 16.3 Å². The lowest BCUT2D eigenvalue weighted by Crippen LogP contribution is -2.29. The van der Waals surface area contributed by atoms with Crippen molar-refractivity contribution in [1.29, 1.82) is 0 Å². The largest absolute Gasteiger partial charge is 0.497 e. The third-order valence-corrected chi connectivity index (χ3v) is 4.63. The molecule has 0 fully saturated rings. The molecule has 2 aromatic carbocycles. The van der Waals surface area contributed by atoms with Crippen molar-refractivity contribution in [1.82, 2.24) is 10.6 Å². The van der Waals surface area contributed by atoms with Crippen molar-refractivity contribution in [3.8, 4) is 5.75 Å². The van der Waals surface area contributed by atoms with E-state index in [1.54, 1.807) is 43.5 Å². The molecule has 1 unspecified atom stereocenters. The molecule has 0 saturated heterocycles. The number of hydrogen-bond acceptors (Lipinski definition) is 4. The Balaban J connectivity index is 2.08. The zero-order valence-electron chi connectivity index (χ0n) is 17.3. The van der Waals surface area contributed by atoms with E-state index in [9.17, 15) is 14.4 Å². The number of carbonyl (C=O) groups excluding carboxylic acids is 3. The monoisotopic (exact) mass is 431 g/mol. The van der Waals surface area contributed by atoms with Gasteiger partial charge in [0.1, 0.15) is 5.75 Å². The molecule has 0 aliphatic rings. The highest BCUT2D eigenvalue weighted by Crippen LogP contribution is 2.24. The van der Waals surface area contributed by atoms with Crippen LogP contribution in [0.1, 0.15) is 48.7 Å². The van der Waals surface area contributed by atoms with Gasteiger partial charge in [-0.15, -0.1) is 0 Å². The SMILES string of the molecule is CCCNC(=O)c1ccc(NC(=O)CC(NC(C)=O)c2ccc(OC)cc2)cc1Cl. The first-order chi connectivity index (χ1) is 14.3. The summed E-state index contributed by atoms with van der Waals surface area (Å²) in [5, 5.41) is 8.55. The predicted octanol–water partition coefficient (Wildman–Crippen LogP) is 3.69. The van der Waals surface area contributed by atoms with Crippen LogP contribution in [-0.4, -0.2) is 31.4 Å². The van der Waals surface area contributed by atoms with E-state index in [2.05, 4.69) is 16.0 Å². The summed E-state index contributed by atoms with van der Waals surface area (Å²) in [6, 6.07) is 11.3. The summed E-state index contributed by atoms with van der Waals surface area (Å²) >= 11 is 6.20. The Hall–Kier alpha value is -3.06. The molecule has 0 heterocycles. The molecule has 0 radical (unpaired) electrons. The van der Waals surface area contributed by atoms with Crippen molar-refractivity contribution in [2.24, 2.45) is 0 Å². The van der Waals surface area contributed by atoms with Crippen molar-refractivity contribution < 1.29 is 19.1 Å². The zero-order valence-corrected chi connectivity index (χ0v) is 18.0. The lowest BCUT2D eigenvalue weighted by molar-refractivity contribution is -0.120. The maximum atomic E-state index is 12.6. The molecular formula is C22H26ClN3O4. The average Bonchev–Trinajstić information content (AvgIpc) is 2.71. The van der Waals surface area contributed by atoms with Gasteiger partial charge in [-0.05, 0) is 42.3 Å². The summed E-state index contributed by atoms with van der Waals surface area (Å²) in [5.74, 6) is -0.120. The van der Waals surface area contributed by atoms with Crippen molar-refractivity contribution in [2.75, 3.05) is 19.0 Å². The molecule has 160 valence electrons. The molecule has 2 rings (SSSR count). The van der Waals surface area contributed by atoms with Crippen LogP contribution in [-0.2, 0) is 9.59 Å².